The van der Waals surface area contributed by atoms with Gasteiger partial charge in [-0.1, -0.05) is 249 Å². The standard InChI is InChI=1S/C69H46N4Si/c1-6-22-47(23-7-1)50-40-43-64-63(44-50)66-61(69-71-67(48-24-8-2-9-25-48)70-68(72-69)49-26-10-3-11-27-49)38-21-39-65(66)73(64)51-28-20-33-54(45-51)74(52-29-12-4-13-30-52,53-31-14-5-15-32-53)55-41-42-60-58-36-17-16-34-56(58)57-35-18-19-37-59(57)62(60)46-55/h1-46H. The first kappa shape index (κ1) is 43.3. The van der Waals surface area contributed by atoms with Crippen LogP contribution >= 0.6 is 0 Å². The summed E-state index contributed by atoms with van der Waals surface area (Å²) in [7, 11) is -3.08. The minimum Gasteiger partial charge on any atom is -0.309 e. The predicted octanol–water partition coefficient (Wildman–Crippen LogP) is 14.5. The van der Waals surface area contributed by atoms with E-state index in [-0.39, 0.29) is 0 Å². The molecule has 14 rings (SSSR count). The van der Waals surface area contributed by atoms with Gasteiger partial charge in [-0.15, -0.1) is 0 Å². The van der Waals surface area contributed by atoms with Gasteiger partial charge in [-0.3, -0.25) is 0 Å². The Labute approximate surface area is 430 Å². The first-order valence-corrected chi connectivity index (χ1v) is 27.3. The van der Waals surface area contributed by atoms with Crippen molar-refractivity contribution in [3.63, 3.8) is 0 Å². The molecule has 0 fully saturated rings. The van der Waals surface area contributed by atoms with Gasteiger partial charge < -0.3 is 4.57 Å². The van der Waals surface area contributed by atoms with Crippen molar-refractivity contribution >= 4 is 82.9 Å². The Kier molecular flexibility index (Phi) is 10.5. The summed E-state index contributed by atoms with van der Waals surface area (Å²) in [5.41, 5.74) is 8.36. The maximum absolute atomic E-state index is 5.30. The largest absolute Gasteiger partial charge is 0.309 e. The Morgan fingerprint density at radius 3 is 1.30 bits per heavy atom. The highest BCUT2D eigenvalue weighted by molar-refractivity contribution is 7.20. The third-order valence-corrected chi connectivity index (χ3v) is 19.7. The Bertz CT molecular complexity index is 4270. The van der Waals surface area contributed by atoms with Gasteiger partial charge in [-0.05, 0) is 94.5 Å². The maximum atomic E-state index is 5.30. The molecule has 0 radical (unpaired) electrons. The summed E-state index contributed by atoms with van der Waals surface area (Å²) in [5.74, 6) is 1.88. The lowest BCUT2D eigenvalue weighted by molar-refractivity contribution is 1.08. The zero-order chi connectivity index (χ0) is 49.0. The van der Waals surface area contributed by atoms with E-state index in [4.69, 9.17) is 15.0 Å². The van der Waals surface area contributed by atoms with E-state index < -0.39 is 8.07 Å². The molecule has 0 amide bonds. The third-order valence-electron chi connectivity index (χ3n) is 15.0. The number of aromatic nitrogens is 4. The molecule has 0 aliphatic rings. The fourth-order valence-electron chi connectivity index (χ4n) is 11.7. The molecule has 0 N–H and O–H groups in total. The number of fused-ring (bicyclic) bond motifs is 9. The van der Waals surface area contributed by atoms with E-state index in [0.717, 1.165) is 55.3 Å². The normalized spacial score (nSPS) is 11.8. The van der Waals surface area contributed by atoms with Crippen LogP contribution in [0.1, 0.15) is 0 Å². The van der Waals surface area contributed by atoms with Crippen molar-refractivity contribution in [2.24, 2.45) is 0 Å². The molecule has 5 heteroatoms. The van der Waals surface area contributed by atoms with Crippen LogP contribution in [0.15, 0.2) is 279 Å². The van der Waals surface area contributed by atoms with Crippen LogP contribution < -0.4 is 20.7 Å². The molecule has 2 aromatic heterocycles. The van der Waals surface area contributed by atoms with Gasteiger partial charge in [0.15, 0.2) is 25.5 Å². The summed E-state index contributed by atoms with van der Waals surface area (Å²) in [6.45, 7) is 0. The Morgan fingerprint density at radius 1 is 0.257 bits per heavy atom. The SMILES string of the molecule is c1ccc(-c2ccc3c(c2)c2c(-c4nc(-c5ccccc5)nc(-c5ccccc5)n4)cccc2n3-c2cccc([Si](c3ccccc3)(c3ccccc3)c3ccc4c5ccccc5c5ccccc5c4c3)c2)cc1. The smallest absolute Gasteiger partial charge is 0.179 e. The number of benzene rings is 12. The molecule has 0 bridgehead atoms. The topological polar surface area (TPSA) is 43.6 Å². The van der Waals surface area contributed by atoms with Crippen molar-refractivity contribution in [1.29, 1.82) is 0 Å². The molecule has 2 heterocycles. The number of hydrogen-bond donors (Lipinski definition) is 0. The zero-order valence-corrected chi connectivity index (χ0v) is 41.3. The fourth-order valence-corrected chi connectivity index (χ4v) is 16.5. The van der Waals surface area contributed by atoms with Crippen LogP contribution in [0.5, 0.6) is 0 Å². The molecule has 346 valence electrons. The second-order valence-corrected chi connectivity index (χ2v) is 22.9. The summed E-state index contributed by atoms with van der Waals surface area (Å²) >= 11 is 0. The summed E-state index contributed by atoms with van der Waals surface area (Å²) in [4.78, 5) is 15.7. The lowest BCUT2D eigenvalue weighted by Gasteiger charge is -2.35. The number of hydrogen-bond acceptors (Lipinski definition) is 3. The highest BCUT2D eigenvalue weighted by Gasteiger charge is 2.42. The highest BCUT2D eigenvalue weighted by Crippen LogP contribution is 2.41. The quantitative estimate of drug-likeness (QED) is 0.0822. The minimum absolute atomic E-state index is 0.623. The minimum atomic E-state index is -3.08. The third kappa shape index (κ3) is 7.08. The molecule has 14 aromatic rings. The average Bonchev–Trinajstić information content (AvgIpc) is 3.83. The van der Waals surface area contributed by atoms with Gasteiger partial charge in [0.1, 0.15) is 0 Å². The summed E-state index contributed by atoms with van der Waals surface area (Å²) in [5, 5.41) is 15.1. The number of rotatable bonds is 9. The van der Waals surface area contributed by atoms with Crippen LogP contribution in [-0.4, -0.2) is 27.6 Å². The van der Waals surface area contributed by atoms with E-state index in [0.29, 0.717) is 17.5 Å². The molecular weight excluding hydrogens is 913 g/mol. The molecular formula is C69H46N4Si. The second kappa shape index (κ2) is 17.9. The first-order valence-electron chi connectivity index (χ1n) is 25.3. The van der Waals surface area contributed by atoms with Crippen molar-refractivity contribution in [3.8, 4) is 51.0 Å². The molecule has 0 saturated carbocycles. The van der Waals surface area contributed by atoms with Crippen molar-refractivity contribution in [2.75, 3.05) is 0 Å². The molecule has 74 heavy (non-hydrogen) atoms. The van der Waals surface area contributed by atoms with Crippen molar-refractivity contribution in [1.82, 2.24) is 19.5 Å². The summed E-state index contributed by atoms with van der Waals surface area (Å²) in [6, 6.07) is 102. The highest BCUT2D eigenvalue weighted by atomic mass is 28.3. The zero-order valence-electron chi connectivity index (χ0n) is 40.3. The van der Waals surface area contributed by atoms with Crippen LogP contribution in [0.4, 0.5) is 0 Å². The van der Waals surface area contributed by atoms with E-state index in [1.165, 1.54) is 53.1 Å². The van der Waals surface area contributed by atoms with Crippen LogP contribution in [-0.2, 0) is 0 Å². The van der Waals surface area contributed by atoms with Gasteiger partial charge in [-0.2, -0.15) is 0 Å². The van der Waals surface area contributed by atoms with E-state index in [9.17, 15) is 0 Å². The monoisotopic (exact) mass is 958 g/mol. The van der Waals surface area contributed by atoms with Crippen LogP contribution in [0.3, 0.4) is 0 Å². The molecule has 0 spiro atoms. The van der Waals surface area contributed by atoms with Crippen LogP contribution in [0.25, 0.3) is 105 Å². The van der Waals surface area contributed by atoms with Crippen molar-refractivity contribution in [3.05, 3.63) is 279 Å². The average molecular weight is 959 g/mol. The fraction of sp³-hybridized carbons (Fsp3) is 0. The van der Waals surface area contributed by atoms with Gasteiger partial charge >= 0.3 is 0 Å². The van der Waals surface area contributed by atoms with E-state index in [2.05, 4.69) is 247 Å². The maximum Gasteiger partial charge on any atom is 0.179 e. The molecule has 12 aromatic carbocycles. The Balaban J connectivity index is 1.05. The molecule has 0 unspecified atom stereocenters. The molecule has 0 aliphatic carbocycles. The van der Waals surface area contributed by atoms with Gasteiger partial charge in [0.25, 0.3) is 0 Å². The number of nitrogens with zero attached hydrogens (tertiary/aromatic N) is 4. The van der Waals surface area contributed by atoms with Crippen molar-refractivity contribution < 1.29 is 0 Å². The molecule has 0 atom stereocenters. The van der Waals surface area contributed by atoms with E-state index >= 15 is 0 Å². The van der Waals surface area contributed by atoms with Gasteiger partial charge in [-0.25, -0.2) is 15.0 Å². The summed E-state index contributed by atoms with van der Waals surface area (Å²) < 4.78 is 2.46. The molecule has 4 nitrogen and oxygen atoms in total. The van der Waals surface area contributed by atoms with E-state index in [1.807, 2.05) is 36.4 Å². The van der Waals surface area contributed by atoms with Crippen LogP contribution in [0, 0.1) is 0 Å². The van der Waals surface area contributed by atoms with Gasteiger partial charge in [0.2, 0.25) is 0 Å². The van der Waals surface area contributed by atoms with E-state index in [1.54, 1.807) is 0 Å². The molecule has 0 aliphatic heterocycles. The second-order valence-electron chi connectivity index (χ2n) is 19.1. The predicted molar refractivity (Wildman–Crippen MR) is 312 cm³/mol. The lowest BCUT2D eigenvalue weighted by atomic mass is 9.94. The molecule has 0 saturated heterocycles. The Morgan fingerprint density at radius 2 is 0.716 bits per heavy atom. The summed E-state index contributed by atoms with van der Waals surface area (Å²) in [6.07, 6.45) is 0. The lowest BCUT2D eigenvalue weighted by Crippen LogP contribution is -2.74. The van der Waals surface area contributed by atoms with Crippen LogP contribution in [0.2, 0.25) is 0 Å². The van der Waals surface area contributed by atoms with Gasteiger partial charge in [0.05, 0.1) is 11.0 Å². The van der Waals surface area contributed by atoms with Gasteiger partial charge in [0, 0.05) is 33.2 Å². The van der Waals surface area contributed by atoms with Crippen molar-refractivity contribution in [2.45, 2.75) is 0 Å². The first-order chi connectivity index (χ1) is 36.7. The Hall–Kier alpha value is -9.55.